The highest BCUT2D eigenvalue weighted by atomic mass is 15.2. The summed E-state index contributed by atoms with van der Waals surface area (Å²) in [6, 6.07) is 5.15. The first-order valence-electron chi connectivity index (χ1n) is 7.77. The molecule has 3 heteroatoms. The number of nitrogens with zero attached hydrogens (tertiary/aromatic N) is 2. The molecule has 106 valence electrons. The van der Waals surface area contributed by atoms with Crippen molar-refractivity contribution in [2.24, 2.45) is 0 Å². The lowest BCUT2D eigenvalue weighted by Gasteiger charge is -2.30. The number of nitrogens with one attached hydrogen (secondary N) is 1. The lowest BCUT2D eigenvalue weighted by Crippen LogP contribution is -2.33. The lowest BCUT2D eigenvalue weighted by molar-refractivity contribution is 0.617. The van der Waals surface area contributed by atoms with Crippen molar-refractivity contribution in [1.82, 2.24) is 10.3 Å². The summed E-state index contributed by atoms with van der Waals surface area (Å²) in [5.74, 6) is 0. The Morgan fingerprint density at radius 1 is 1.32 bits per heavy atom. The van der Waals surface area contributed by atoms with E-state index in [0.717, 1.165) is 31.4 Å². The monoisotopic (exact) mass is 261 g/mol. The molecule has 0 saturated heterocycles. The van der Waals surface area contributed by atoms with Crippen LogP contribution in [0.4, 0.5) is 5.69 Å². The van der Waals surface area contributed by atoms with Gasteiger partial charge in [-0.05, 0) is 44.9 Å². The van der Waals surface area contributed by atoms with Crippen LogP contribution >= 0.6 is 0 Å². The van der Waals surface area contributed by atoms with Gasteiger partial charge in [-0.1, -0.05) is 19.8 Å². The Hall–Kier alpha value is -1.09. The summed E-state index contributed by atoms with van der Waals surface area (Å²) >= 11 is 0. The predicted octanol–water partition coefficient (Wildman–Crippen LogP) is 3.35. The van der Waals surface area contributed by atoms with E-state index < -0.39 is 0 Å². The van der Waals surface area contributed by atoms with E-state index in [0.29, 0.717) is 0 Å². The summed E-state index contributed by atoms with van der Waals surface area (Å²) in [5.41, 5.74) is 2.50. The fourth-order valence-electron chi connectivity index (χ4n) is 3.00. The molecular formula is C16H27N3. The normalized spacial score (nSPS) is 15.9. The quantitative estimate of drug-likeness (QED) is 0.763. The molecule has 1 N–H and O–H groups in total. The fourth-order valence-corrected chi connectivity index (χ4v) is 3.00. The molecule has 1 aliphatic carbocycles. The smallest absolute Gasteiger partial charge is 0.0562 e. The summed E-state index contributed by atoms with van der Waals surface area (Å²) in [4.78, 5) is 7.02. The van der Waals surface area contributed by atoms with Crippen molar-refractivity contribution >= 4 is 5.69 Å². The minimum absolute atomic E-state index is 0.740. The van der Waals surface area contributed by atoms with Gasteiger partial charge < -0.3 is 10.2 Å². The Morgan fingerprint density at radius 3 is 2.79 bits per heavy atom. The van der Waals surface area contributed by atoms with E-state index >= 15 is 0 Å². The van der Waals surface area contributed by atoms with Crippen molar-refractivity contribution in [3.8, 4) is 0 Å². The van der Waals surface area contributed by atoms with Crippen LogP contribution in [0, 0.1) is 0 Å². The van der Waals surface area contributed by atoms with E-state index in [1.807, 2.05) is 6.20 Å². The van der Waals surface area contributed by atoms with E-state index in [-0.39, 0.29) is 0 Å². The highest BCUT2D eigenvalue weighted by molar-refractivity contribution is 5.47. The number of anilines is 1. The molecule has 1 fully saturated rings. The standard InChI is InChI=1S/C16H27N3/c1-3-10-17-13-14-12-16(9-11-18-14)19(4-2)15-7-5-6-8-15/h9,11-12,15,17H,3-8,10,13H2,1-2H3. The third-order valence-electron chi connectivity index (χ3n) is 3.97. The van der Waals surface area contributed by atoms with Crippen LogP contribution in [0.5, 0.6) is 0 Å². The van der Waals surface area contributed by atoms with Gasteiger partial charge in [0.2, 0.25) is 0 Å². The number of aromatic nitrogens is 1. The zero-order chi connectivity index (χ0) is 13.5. The van der Waals surface area contributed by atoms with Gasteiger partial charge in [-0.2, -0.15) is 0 Å². The van der Waals surface area contributed by atoms with Crippen molar-refractivity contribution in [2.75, 3.05) is 18.0 Å². The van der Waals surface area contributed by atoms with Crippen LogP contribution < -0.4 is 10.2 Å². The summed E-state index contributed by atoms with van der Waals surface area (Å²) in [7, 11) is 0. The van der Waals surface area contributed by atoms with Crippen LogP contribution in [-0.4, -0.2) is 24.1 Å². The summed E-state index contributed by atoms with van der Waals surface area (Å²) in [6.07, 6.45) is 8.59. The van der Waals surface area contributed by atoms with E-state index in [1.165, 1.54) is 37.8 Å². The number of hydrogen-bond acceptors (Lipinski definition) is 3. The van der Waals surface area contributed by atoms with E-state index in [1.54, 1.807) is 0 Å². The highest BCUT2D eigenvalue weighted by Gasteiger charge is 2.21. The van der Waals surface area contributed by atoms with Gasteiger partial charge >= 0.3 is 0 Å². The van der Waals surface area contributed by atoms with E-state index in [4.69, 9.17) is 0 Å². The zero-order valence-corrected chi connectivity index (χ0v) is 12.4. The molecule has 0 amide bonds. The summed E-state index contributed by atoms with van der Waals surface area (Å²) in [5, 5.41) is 3.42. The molecule has 1 aliphatic rings. The topological polar surface area (TPSA) is 28.2 Å². The minimum atomic E-state index is 0.740. The first-order valence-corrected chi connectivity index (χ1v) is 7.77. The number of hydrogen-bond donors (Lipinski definition) is 1. The maximum atomic E-state index is 4.47. The molecule has 0 spiro atoms. The third kappa shape index (κ3) is 3.93. The van der Waals surface area contributed by atoms with Gasteiger partial charge in [0.15, 0.2) is 0 Å². The molecule has 0 atom stereocenters. The zero-order valence-electron chi connectivity index (χ0n) is 12.4. The molecule has 1 heterocycles. The highest BCUT2D eigenvalue weighted by Crippen LogP contribution is 2.28. The van der Waals surface area contributed by atoms with Gasteiger partial charge in [-0.25, -0.2) is 0 Å². The molecule has 0 unspecified atom stereocenters. The summed E-state index contributed by atoms with van der Waals surface area (Å²) < 4.78 is 0. The molecule has 0 radical (unpaired) electrons. The Labute approximate surface area is 117 Å². The maximum Gasteiger partial charge on any atom is 0.0562 e. The molecule has 2 rings (SSSR count). The van der Waals surface area contributed by atoms with Crippen molar-refractivity contribution in [3.05, 3.63) is 24.0 Å². The van der Waals surface area contributed by atoms with Crippen molar-refractivity contribution < 1.29 is 0 Å². The Balaban J connectivity index is 2.03. The molecular weight excluding hydrogens is 234 g/mol. The largest absolute Gasteiger partial charge is 0.369 e. The molecule has 0 bridgehead atoms. The molecule has 1 aromatic heterocycles. The molecule has 0 aliphatic heterocycles. The van der Waals surface area contributed by atoms with Crippen LogP contribution in [-0.2, 0) is 6.54 Å². The van der Waals surface area contributed by atoms with Gasteiger partial charge in [0, 0.05) is 31.0 Å². The Kier molecular flexibility index (Phi) is 5.64. The van der Waals surface area contributed by atoms with E-state index in [9.17, 15) is 0 Å². The first kappa shape index (κ1) is 14.3. The fraction of sp³-hybridized carbons (Fsp3) is 0.688. The lowest BCUT2D eigenvalue weighted by atomic mass is 10.2. The molecule has 0 aromatic carbocycles. The Bertz CT molecular complexity index is 372. The van der Waals surface area contributed by atoms with Gasteiger partial charge in [0.1, 0.15) is 0 Å². The second-order valence-electron chi connectivity index (χ2n) is 5.41. The maximum absolute atomic E-state index is 4.47. The van der Waals surface area contributed by atoms with Gasteiger partial charge in [0.25, 0.3) is 0 Å². The van der Waals surface area contributed by atoms with Crippen molar-refractivity contribution in [2.45, 2.75) is 58.5 Å². The van der Waals surface area contributed by atoms with Gasteiger partial charge in [-0.15, -0.1) is 0 Å². The summed E-state index contributed by atoms with van der Waals surface area (Å²) in [6.45, 7) is 7.48. The second-order valence-corrected chi connectivity index (χ2v) is 5.41. The molecule has 19 heavy (non-hydrogen) atoms. The van der Waals surface area contributed by atoms with E-state index in [2.05, 4.69) is 41.2 Å². The third-order valence-corrected chi connectivity index (χ3v) is 3.97. The molecule has 3 nitrogen and oxygen atoms in total. The van der Waals surface area contributed by atoms with Crippen LogP contribution in [0.25, 0.3) is 0 Å². The van der Waals surface area contributed by atoms with Crippen molar-refractivity contribution in [3.63, 3.8) is 0 Å². The van der Waals surface area contributed by atoms with Crippen molar-refractivity contribution in [1.29, 1.82) is 0 Å². The second kappa shape index (κ2) is 7.49. The Morgan fingerprint density at radius 2 is 2.11 bits per heavy atom. The predicted molar refractivity (Wildman–Crippen MR) is 81.5 cm³/mol. The van der Waals surface area contributed by atoms with Gasteiger partial charge in [-0.3, -0.25) is 4.98 Å². The van der Waals surface area contributed by atoms with Crippen LogP contribution in [0.1, 0.15) is 51.6 Å². The number of pyridine rings is 1. The average molecular weight is 261 g/mol. The van der Waals surface area contributed by atoms with Crippen LogP contribution in [0.2, 0.25) is 0 Å². The SMILES string of the molecule is CCCNCc1cc(N(CC)C2CCCC2)ccn1. The first-order chi connectivity index (χ1) is 9.35. The van der Waals surface area contributed by atoms with Gasteiger partial charge in [0.05, 0.1) is 5.69 Å². The molecule has 1 aromatic rings. The van der Waals surface area contributed by atoms with Crippen LogP contribution in [0.3, 0.4) is 0 Å². The van der Waals surface area contributed by atoms with Crippen LogP contribution in [0.15, 0.2) is 18.3 Å². The number of rotatable bonds is 7. The minimum Gasteiger partial charge on any atom is -0.369 e. The molecule has 1 saturated carbocycles. The average Bonchev–Trinajstić information content (AvgIpc) is 2.94.